The molecular formula is C14H20N6O. The summed E-state index contributed by atoms with van der Waals surface area (Å²) in [5, 5.41) is 14.5. The number of rotatable bonds is 5. The van der Waals surface area contributed by atoms with E-state index in [4.69, 9.17) is 0 Å². The number of nitrogens with zero attached hydrogens (tertiary/aromatic N) is 4. The molecule has 7 nitrogen and oxygen atoms in total. The lowest BCUT2D eigenvalue weighted by atomic mass is 10.3. The summed E-state index contributed by atoms with van der Waals surface area (Å²) >= 11 is 0. The smallest absolute Gasteiger partial charge is 0.234 e. The van der Waals surface area contributed by atoms with Crippen LogP contribution in [-0.4, -0.2) is 64.7 Å². The van der Waals surface area contributed by atoms with Crippen molar-refractivity contribution in [2.75, 3.05) is 39.3 Å². The van der Waals surface area contributed by atoms with Crippen LogP contribution in [0.5, 0.6) is 0 Å². The van der Waals surface area contributed by atoms with Gasteiger partial charge in [-0.1, -0.05) is 6.07 Å². The van der Waals surface area contributed by atoms with Crippen LogP contribution in [0.25, 0.3) is 5.65 Å². The fraction of sp³-hybridized carbons (Fsp3) is 0.500. The van der Waals surface area contributed by atoms with Crippen molar-refractivity contribution in [1.29, 1.82) is 0 Å². The Balaban J connectivity index is 1.46. The number of carbonyl (C=O) groups is 1. The molecule has 21 heavy (non-hydrogen) atoms. The average molecular weight is 288 g/mol. The molecule has 1 amide bonds. The van der Waals surface area contributed by atoms with E-state index in [-0.39, 0.29) is 5.91 Å². The van der Waals surface area contributed by atoms with Gasteiger partial charge in [-0.3, -0.25) is 14.1 Å². The number of pyridine rings is 1. The number of nitrogens with one attached hydrogen (secondary N) is 2. The number of fused-ring (bicyclic) bond motifs is 1. The third-order valence-corrected chi connectivity index (χ3v) is 3.63. The zero-order chi connectivity index (χ0) is 14.5. The fourth-order valence-electron chi connectivity index (χ4n) is 2.50. The summed E-state index contributed by atoms with van der Waals surface area (Å²) in [6, 6.07) is 5.80. The van der Waals surface area contributed by atoms with Crippen molar-refractivity contribution in [2.24, 2.45) is 0 Å². The van der Waals surface area contributed by atoms with Gasteiger partial charge < -0.3 is 10.6 Å². The molecule has 112 valence electrons. The maximum atomic E-state index is 11.9. The molecule has 2 N–H and O–H groups in total. The minimum absolute atomic E-state index is 0.0747. The minimum Gasteiger partial charge on any atom is -0.355 e. The van der Waals surface area contributed by atoms with Gasteiger partial charge in [0, 0.05) is 45.3 Å². The van der Waals surface area contributed by atoms with E-state index in [1.807, 2.05) is 28.8 Å². The lowest BCUT2D eigenvalue weighted by Crippen LogP contribution is -2.47. The average Bonchev–Trinajstić information content (AvgIpc) is 2.92. The van der Waals surface area contributed by atoms with Gasteiger partial charge in [0.2, 0.25) is 5.91 Å². The van der Waals surface area contributed by atoms with Crippen molar-refractivity contribution < 1.29 is 4.79 Å². The Hall–Kier alpha value is -1.99. The number of aromatic nitrogens is 3. The predicted octanol–water partition coefficient (Wildman–Crippen LogP) is -0.707. The Labute approximate surface area is 123 Å². The Morgan fingerprint density at radius 1 is 1.29 bits per heavy atom. The summed E-state index contributed by atoms with van der Waals surface area (Å²) in [5.41, 5.74) is 0.833. The van der Waals surface area contributed by atoms with E-state index in [1.54, 1.807) is 0 Å². The molecule has 1 aliphatic heterocycles. The Bertz CT molecular complexity index is 604. The molecule has 3 rings (SSSR count). The van der Waals surface area contributed by atoms with E-state index in [0.717, 1.165) is 37.7 Å². The highest BCUT2D eigenvalue weighted by Gasteiger charge is 2.13. The first-order valence-electron chi connectivity index (χ1n) is 7.31. The summed E-state index contributed by atoms with van der Waals surface area (Å²) in [6.45, 7) is 4.84. The van der Waals surface area contributed by atoms with Crippen molar-refractivity contribution >= 4 is 11.6 Å². The van der Waals surface area contributed by atoms with Crippen LogP contribution in [0.2, 0.25) is 0 Å². The van der Waals surface area contributed by atoms with Crippen molar-refractivity contribution in [3.63, 3.8) is 0 Å². The van der Waals surface area contributed by atoms with Crippen LogP contribution in [0.4, 0.5) is 0 Å². The van der Waals surface area contributed by atoms with Gasteiger partial charge in [0.1, 0.15) is 5.82 Å². The van der Waals surface area contributed by atoms with E-state index in [9.17, 15) is 4.79 Å². The second-order valence-corrected chi connectivity index (χ2v) is 5.17. The molecule has 7 heteroatoms. The van der Waals surface area contributed by atoms with Crippen LogP contribution in [-0.2, 0) is 11.2 Å². The van der Waals surface area contributed by atoms with Gasteiger partial charge in [0.15, 0.2) is 5.65 Å². The zero-order valence-electron chi connectivity index (χ0n) is 12.0. The maximum Gasteiger partial charge on any atom is 0.234 e. The van der Waals surface area contributed by atoms with Gasteiger partial charge in [-0.05, 0) is 12.1 Å². The van der Waals surface area contributed by atoms with E-state index in [1.165, 1.54) is 0 Å². The van der Waals surface area contributed by atoms with Gasteiger partial charge in [0.05, 0.1) is 6.54 Å². The quantitative estimate of drug-likeness (QED) is 0.760. The molecule has 3 heterocycles. The molecule has 1 saturated heterocycles. The highest BCUT2D eigenvalue weighted by Crippen LogP contribution is 2.02. The molecule has 0 aromatic carbocycles. The first-order valence-corrected chi connectivity index (χ1v) is 7.31. The van der Waals surface area contributed by atoms with Crippen molar-refractivity contribution in [3.05, 3.63) is 30.2 Å². The SMILES string of the molecule is O=C(CN1CCNCC1)NCCc1nnc2ccccn12. The third kappa shape index (κ3) is 3.56. The van der Waals surface area contributed by atoms with Crippen LogP contribution in [0.1, 0.15) is 5.82 Å². The lowest BCUT2D eigenvalue weighted by molar-refractivity contribution is -0.122. The summed E-state index contributed by atoms with van der Waals surface area (Å²) < 4.78 is 1.95. The highest BCUT2D eigenvalue weighted by molar-refractivity contribution is 5.78. The molecule has 2 aromatic rings. The maximum absolute atomic E-state index is 11.9. The Morgan fingerprint density at radius 2 is 2.14 bits per heavy atom. The molecule has 1 fully saturated rings. The Morgan fingerprint density at radius 3 is 3.00 bits per heavy atom. The molecule has 2 aromatic heterocycles. The molecule has 0 saturated carbocycles. The molecule has 1 aliphatic rings. The summed E-state index contributed by atoms with van der Waals surface area (Å²) in [5.74, 6) is 0.943. The molecule has 0 unspecified atom stereocenters. The van der Waals surface area contributed by atoms with Gasteiger partial charge in [0.25, 0.3) is 0 Å². The summed E-state index contributed by atoms with van der Waals surface area (Å²) in [6.07, 6.45) is 2.62. The van der Waals surface area contributed by atoms with Crippen molar-refractivity contribution in [3.8, 4) is 0 Å². The number of piperazine rings is 1. The number of hydrogen-bond donors (Lipinski definition) is 2. The molecule has 0 atom stereocenters. The predicted molar refractivity (Wildman–Crippen MR) is 79.0 cm³/mol. The van der Waals surface area contributed by atoms with E-state index in [0.29, 0.717) is 19.5 Å². The van der Waals surface area contributed by atoms with E-state index >= 15 is 0 Å². The first-order chi connectivity index (χ1) is 10.3. The van der Waals surface area contributed by atoms with Crippen LogP contribution >= 0.6 is 0 Å². The summed E-state index contributed by atoms with van der Waals surface area (Å²) in [7, 11) is 0. The van der Waals surface area contributed by atoms with Crippen LogP contribution in [0.3, 0.4) is 0 Å². The monoisotopic (exact) mass is 288 g/mol. The summed E-state index contributed by atoms with van der Waals surface area (Å²) in [4.78, 5) is 14.1. The largest absolute Gasteiger partial charge is 0.355 e. The molecule has 0 bridgehead atoms. The van der Waals surface area contributed by atoms with Gasteiger partial charge in [-0.15, -0.1) is 10.2 Å². The van der Waals surface area contributed by atoms with Gasteiger partial charge in [-0.25, -0.2) is 0 Å². The number of carbonyl (C=O) groups excluding carboxylic acids is 1. The normalized spacial score (nSPS) is 16.2. The van der Waals surface area contributed by atoms with Crippen LogP contribution in [0.15, 0.2) is 24.4 Å². The second-order valence-electron chi connectivity index (χ2n) is 5.17. The third-order valence-electron chi connectivity index (χ3n) is 3.63. The zero-order valence-corrected chi connectivity index (χ0v) is 12.0. The lowest BCUT2D eigenvalue weighted by Gasteiger charge is -2.26. The standard InChI is InChI=1S/C14H20N6O/c21-14(11-19-9-6-15-7-10-19)16-5-4-13-18-17-12-3-1-2-8-20(12)13/h1-3,8,15H,4-7,9-11H2,(H,16,21). The van der Waals surface area contributed by atoms with E-state index < -0.39 is 0 Å². The number of hydrogen-bond acceptors (Lipinski definition) is 5. The highest BCUT2D eigenvalue weighted by atomic mass is 16.2. The van der Waals surface area contributed by atoms with Crippen molar-refractivity contribution in [2.45, 2.75) is 6.42 Å². The number of amides is 1. The van der Waals surface area contributed by atoms with Gasteiger partial charge in [-0.2, -0.15) is 0 Å². The Kier molecular flexibility index (Phi) is 4.42. The molecule has 0 aliphatic carbocycles. The van der Waals surface area contributed by atoms with Crippen LogP contribution in [0, 0.1) is 0 Å². The first kappa shape index (κ1) is 14.0. The van der Waals surface area contributed by atoms with Crippen LogP contribution < -0.4 is 10.6 Å². The van der Waals surface area contributed by atoms with Gasteiger partial charge >= 0.3 is 0 Å². The topological polar surface area (TPSA) is 74.6 Å². The van der Waals surface area contributed by atoms with E-state index in [2.05, 4.69) is 25.7 Å². The minimum atomic E-state index is 0.0747. The molecule has 0 radical (unpaired) electrons. The fourth-order valence-corrected chi connectivity index (χ4v) is 2.50. The molecule has 0 spiro atoms. The second kappa shape index (κ2) is 6.64. The molecular weight excluding hydrogens is 268 g/mol. The van der Waals surface area contributed by atoms with Crippen molar-refractivity contribution in [1.82, 2.24) is 30.1 Å².